The molecule has 1 aliphatic heterocycles. The zero-order chi connectivity index (χ0) is 24.3. The van der Waals surface area contributed by atoms with Gasteiger partial charge in [-0.1, -0.05) is 26.0 Å². The van der Waals surface area contributed by atoms with Crippen LogP contribution >= 0.6 is 11.8 Å². The van der Waals surface area contributed by atoms with Crippen LogP contribution < -0.4 is 9.04 Å². The summed E-state index contributed by atoms with van der Waals surface area (Å²) < 4.78 is 35.7. The smallest absolute Gasteiger partial charge is 0.264 e. The van der Waals surface area contributed by atoms with Crippen LogP contribution in [0, 0.1) is 0 Å². The van der Waals surface area contributed by atoms with E-state index in [0.29, 0.717) is 16.6 Å². The maximum absolute atomic E-state index is 13.9. The number of ether oxygens (including phenoxy) is 1. The van der Waals surface area contributed by atoms with Crippen LogP contribution in [0.25, 0.3) is 0 Å². The van der Waals surface area contributed by atoms with Gasteiger partial charge in [-0.15, -0.1) is 0 Å². The second kappa shape index (κ2) is 10.9. The number of sulfonamides is 1. The minimum absolute atomic E-state index is 0.0786. The summed E-state index contributed by atoms with van der Waals surface area (Å²) in [6, 6.07) is 11.0. The summed E-state index contributed by atoms with van der Waals surface area (Å²) in [5.74, 6) is 0.590. The van der Waals surface area contributed by atoms with Gasteiger partial charge in [-0.3, -0.25) is 4.31 Å². The molecule has 0 aromatic heterocycles. The second-order valence-corrected chi connectivity index (χ2v) is 12.4. The van der Waals surface area contributed by atoms with Crippen LogP contribution in [0.5, 0.6) is 5.75 Å². The molecule has 1 unspecified atom stereocenters. The van der Waals surface area contributed by atoms with Gasteiger partial charge in [0.2, 0.25) is 0 Å². The number of aliphatic hydroxyl groups excluding tert-OH is 1. The Balaban J connectivity index is 1.63. The zero-order valence-electron chi connectivity index (χ0n) is 20.5. The fourth-order valence-corrected chi connectivity index (χ4v) is 7.83. The van der Waals surface area contributed by atoms with Gasteiger partial charge in [-0.25, -0.2) is 8.42 Å². The first kappa shape index (κ1) is 25.4. The van der Waals surface area contributed by atoms with Gasteiger partial charge in [-0.05, 0) is 93.0 Å². The van der Waals surface area contributed by atoms with E-state index < -0.39 is 10.0 Å². The molecule has 1 atom stereocenters. The van der Waals surface area contributed by atoms with Crippen LogP contribution in [0.1, 0.15) is 69.1 Å². The first-order valence-electron chi connectivity index (χ1n) is 12.5. The summed E-state index contributed by atoms with van der Waals surface area (Å²) in [6.45, 7) is 3.90. The Bertz CT molecular complexity index is 1090. The van der Waals surface area contributed by atoms with Crippen LogP contribution in [0.2, 0.25) is 0 Å². The fourth-order valence-electron chi connectivity index (χ4n) is 5.24. The first-order valence-corrected chi connectivity index (χ1v) is 15.2. The molecule has 2 aromatic carbocycles. The van der Waals surface area contributed by atoms with E-state index in [2.05, 4.69) is 19.2 Å². The molecule has 0 saturated heterocycles. The van der Waals surface area contributed by atoms with Crippen LogP contribution in [0.15, 0.2) is 41.3 Å². The number of thioether (sulfide) groups is 1. The van der Waals surface area contributed by atoms with Crippen molar-refractivity contribution in [3.05, 3.63) is 53.1 Å². The molecule has 0 radical (unpaired) electrons. The second-order valence-electron chi connectivity index (χ2n) is 9.40. The average Bonchev–Trinajstić information content (AvgIpc) is 2.88. The number of anilines is 1. The van der Waals surface area contributed by atoms with Crippen molar-refractivity contribution in [1.82, 2.24) is 0 Å². The van der Waals surface area contributed by atoms with Gasteiger partial charge in [0.25, 0.3) is 10.0 Å². The minimum atomic E-state index is -3.79. The van der Waals surface area contributed by atoms with E-state index in [1.165, 1.54) is 5.56 Å². The van der Waals surface area contributed by atoms with Crippen LogP contribution in [-0.2, 0) is 29.5 Å². The van der Waals surface area contributed by atoms with Gasteiger partial charge in [0.1, 0.15) is 5.75 Å². The summed E-state index contributed by atoms with van der Waals surface area (Å²) in [7, 11) is -3.79. The molecule has 4 rings (SSSR count). The molecule has 1 aliphatic carbocycles. The standard InChI is InChI=1S/C27H37NO4S2/c1-4-19-6-14-26-20(16-19)7-8-22(5-2)28(26)34(30,31)25-13-15-27(21(17-25)18-29)32-23-9-11-24(33-3)12-10-23/h6,13-17,22-24,29H,4-5,7-12,18H2,1-3H3. The summed E-state index contributed by atoms with van der Waals surface area (Å²) in [5, 5.41) is 10.7. The highest BCUT2D eigenvalue weighted by Gasteiger charge is 2.35. The molecule has 0 bridgehead atoms. The molecular weight excluding hydrogens is 466 g/mol. The number of hydrogen-bond acceptors (Lipinski definition) is 5. The number of aryl methyl sites for hydroxylation is 2. The quantitative estimate of drug-likeness (QED) is 0.499. The van der Waals surface area contributed by atoms with Crippen molar-refractivity contribution < 1.29 is 18.3 Å². The first-order chi connectivity index (χ1) is 16.4. The van der Waals surface area contributed by atoms with E-state index in [-0.39, 0.29) is 23.6 Å². The highest BCUT2D eigenvalue weighted by molar-refractivity contribution is 7.99. The largest absolute Gasteiger partial charge is 0.490 e. The Morgan fingerprint density at radius 1 is 1.06 bits per heavy atom. The maximum atomic E-state index is 13.9. The van der Waals surface area contributed by atoms with E-state index in [9.17, 15) is 13.5 Å². The van der Waals surface area contributed by atoms with Crippen LogP contribution in [-0.4, -0.2) is 37.2 Å². The van der Waals surface area contributed by atoms with Crippen LogP contribution in [0.4, 0.5) is 5.69 Å². The maximum Gasteiger partial charge on any atom is 0.264 e. The fraction of sp³-hybridized carbons (Fsp3) is 0.556. The molecule has 1 heterocycles. The molecule has 7 heteroatoms. The van der Waals surface area contributed by atoms with E-state index in [1.807, 2.05) is 30.8 Å². The summed E-state index contributed by atoms with van der Waals surface area (Å²) in [5.41, 5.74) is 3.63. The summed E-state index contributed by atoms with van der Waals surface area (Å²) in [4.78, 5) is 0.209. The highest BCUT2D eigenvalue weighted by atomic mass is 32.2. The SMILES string of the molecule is CCc1ccc2c(c1)CCC(CC)N2S(=O)(=O)c1ccc(OC2CCC(SC)CC2)c(CO)c1. The Morgan fingerprint density at radius 2 is 1.82 bits per heavy atom. The number of hydrogen-bond donors (Lipinski definition) is 1. The third-order valence-electron chi connectivity index (χ3n) is 7.35. The molecule has 5 nitrogen and oxygen atoms in total. The molecule has 1 fully saturated rings. The van der Waals surface area contributed by atoms with Gasteiger partial charge < -0.3 is 9.84 Å². The molecule has 1 saturated carbocycles. The Morgan fingerprint density at radius 3 is 2.47 bits per heavy atom. The third-order valence-corrected chi connectivity index (χ3v) is 10.3. The molecule has 2 aliphatic rings. The van der Waals surface area contributed by atoms with E-state index >= 15 is 0 Å². The molecule has 34 heavy (non-hydrogen) atoms. The lowest BCUT2D eigenvalue weighted by atomic mass is 9.94. The monoisotopic (exact) mass is 503 g/mol. The number of aliphatic hydroxyl groups is 1. The minimum Gasteiger partial charge on any atom is -0.490 e. The molecule has 1 N–H and O–H groups in total. The molecule has 186 valence electrons. The van der Waals surface area contributed by atoms with Gasteiger partial charge in [0.05, 0.1) is 23.3 Å². The lowest BCUT2D eigenvalue weighted by molar-refractivity contribution is 0.152. The number of rotatable bonds is 8. The Labute approximate surface area is 209 Å². The van der Waals surface area contributed by atoms with Crippen molar-refractivity contribution in [3.8, 4) is 5.75 Å². The Hall–Kier alpha value is -1.70. The van der Waals surface area contributed by atoms with Gasteiger partial charge in [0, 0.05) is 16.9 Å². The van der Waals surface area contributed by atoms with Crippen LogP contribution in [0.3, 0.4) is 0 Å². The lowest BCUT2D eigenvalue weighted by Crippen LogP contribution is -2.43. The summed E-state index contributed by atoms with van der Waals surface area (Å²) in [6.07, 6.45) is 9.86. The molecular formula is C27H37NO4S2. The van der Waals surface area contributed by atoms with E-state index in [4.69, 9.17) is 4.74 Å². The van der Waals surface area contributed by atoms with Crippen molar-refractivity contribution in [1.29, 1.82) is 0 Å². The van der Waals surface area contributed by atoms with Crippen molar-refractivity contribution >= 4 is 27.5 Å². The summed E-state index contributed by atoms with van der Waals surface area (Å²) >= 11 is 1.91. The Kier molecular flexibility index (Phi) is 8.16. The normalized spacial score (nSPS) is 22.9. The number of benzene rings is 2. The number of nitrogens with zero attached hydrogens (tertiary/aromatic N) is 1. The van der Waals surface area contributed by atoms with Crippen molar-refractivity contribution in [3.63, 3.8) is 0 Å². The van der Waals surface area contributed by atoms with Gasteiger partial charge in [0.15, 0.2) is 0 Å². The van der Waals surface area contributed by atoms with E-state index in [1.54, 1.807) is 22.5 Å². The predicted molar refractivity (Wildman–Crippen MR) is 140 cm³/mol. The van der Waals surface area contributed by atoms with Crippen molar-refractivity contribution in [2.24, 2.45) is 0 Å². The number of fused-ring (bicyclic) bond motifs is 1. The molecule has 0 spiro atoms. The van der Waals surface area contributed by atoms with Gasteiger partial charge in [-0.2, -0.15) is 11.8 Å². The third kappa shape index (κ3) is 5.12. The predicted octanol–water partition coefficient (Wildman–Crippen LogP) is 5.71. The highest BCUT2D eigenvalue weighted by Crippen LogP contribution is 2.38. The lowest BCUT2D eigenvalue weighted by Gasteiger charge is -2.38. The van der Waals surface area contributed by atoms with Crippen molar-refractivity contribution in [2.45, 2.75) is 94.1 Å². The molecule has 0 amide bonds. The van der Waals surface area contributed by atoms with Crippen molar-refractivity contribution in [2.75, 3.05) is 10.6 Å². The molecule has 2 aromatic rings. The zero-order valence-corrected chi connectivity index (χ0v) is 22.1. The average molecular weight is 504 g/mol. The van der Waals surface area contributed by atoms with Gasteiger partial charge >= 0.3 is 0 Å². The topological polar surface area (TPSA) is 66.8 Å². The van der Waals surface area contributed by atoms with E-state index in [0.717, 1.165) is 62.6 Å².